The second-order valence-electron chi connectivity index (χ2n) is 5.53. The second kappa shape index (κ2) is 8.15. The van der Waals surface area contributed by atoms with E-state index in [0.717, 1.165) is 32.4 Å². The van der Waals surface area contributed by atoms with E-state index in [-0.39, 0.29) is 25.0 Å². The van der Waals surface area contributed by atoms with Gasteiger partial charge < -0.3 is 14.7 Å². The minimum atomic E-state index is -0.832. The van der Waals surface area contributed by atoms with Crippen molar-refractivity contribution in [2.75, 3.05) is 19.7 Å². The molecule has 19 heavy (non-hydrogen) atoms. The van der Waals surface area contributed by atoms with E-state index in [2.05, 4.69) is 13.8 Å². The average Bonchev–Trinajstić information content (AvgIpc) is 2.36. The lowest BCUT2D eigenvalue weighted by atomic mass is 10.0. The Morgan fingerprint density at radius 3 is 2.42 bits per heavy atom. The van der Waals surface area contributed by atoms with E-state index >= 15 is 0 Å². The van der Waals surface area contributed by atoms with Crippen molar-refractivity contribution in [1.29, 1.82) is 0 Å². The standard InChI is InChI=1S/C14H25NO4/c1-11(2)3-4-13(16)15-8-5-12(6-9-15)19-10-7-14(17)18/h11-12H,3-10H2,1-2H3,(H,17,18). The highest BCUT2D eigenvalue weighted by molar-refractivity contribution is 5.76. The highest BCUT2D eigenvalue weighted by atomic mass is 16.5. The second-order valence-corrected chi connectivity index (χ2v) is 5.53. The number of aliphatic carboxylic acids is 1. The van der Waals surface area contributed by atoms with Gasteiger partial charge in [0.05, 0.1) is 19.1 Å². The molecule has 1 heterocycles. The number of rotatable bonds is 7. The highest BCUT2D eigenvalue weighted by Crippen LogP contribution is 2.16. The molecule has 110 valence electrons. The molecule has 5 heteroatoms. The Morgan fingerprint density at radius 2 is 1.89 bits per heavy atom. The zero-order valence-corrected chi connectivity index (χ0v) is 11.9. The van der Waals surface area contributed by atoms with Gasteiger partial charge in [-0.1, -0.05) is 13.8 Å². The summed E-state index contributed by atoms with van der Waals surface area (Å²) < 4.78 is 5.50. The van der Waals surface area contributed by atoms with Crippen molar-refractivity contribution < 1.29 is 19.4 Å². The molecular weight excluding hydrogens is 246 g/mol. The smallest absolute Gasteiger partial charge is 0.305 e. The number of carbonyl (C=O) groups is 2. The van der Waals surface area contributed by atoms with Crippen LogP contribution in [0.4, 0.5) is 0 Å². The summed E-state index contributed by atoms with van der Waals surface area (Å²) in [6, 6.07) is 0. The molecule has 0 aromatic rings. The highest BCUT2D eigenvalue weighted by Gasteiger charge is 2.23. The summed E-state index contributed by atoms with van der Waals surface area (Å²) in [6.07, 6.45) is 3.34. The average molecular weight is 271 g/mol. The molecule has 1 N–H and O–H groups in total. The number of carboxylic acid groups (broad SMARTS) is 1. The number of piperidine rings is 1. The van der Waals surface area contributed by atoms with Gasteiger partial charge in [0.2, 0.25) is 5.91 Å². The zero-order valence-electron chi connectivity index (χ0n) is 11.9. The van der Waals surface area contributed by atoms with Crippen molar-refractivity contribution in [2.24, 2.45) is 5.92 Å². The molecule has 0 bridgehead atoms. The minimum absolute atomic E-state index is 0.0491. The van der Waals surface area contributed by atoms with Crippen LogP contribution >= 0.6 is 0 Å². The molecular formula is C14H25NO4. The predicted octanol–water partition coefficient (Wildman–Crippen LogP) is 1.90. The molecule has 1 aliphatic rings. The fourth-order valence-corrected chi connectivity index (χ4v) is 2.16. The van der Waals surface area contributed by atoms with Crippen LogP contribution in [0.5, 0.6) is 0 Å². The molecule has 5 nitrogen and oxygen atoms in total. The molecule has 0 spiro atoms. The summed E-state index contributed by atoms with van der Waals surface area (Å²) in [5, 5.41) is 8.53. The van der Waals surface area contributed by atoms with E-state index < -0.39 is 5.97 Å². The van der Waals surface area contributed by atoms with Gasteiger partial charge in [-0.25, -0.2) is 0 Å². The maximum absolute atomic E-state index is 11.9. The fourth-order valence-electron chi connectivity index (χ4n) is 2.16. The van der Waals surface area contributed by atoms with Gasteiger partial charge in [0.25, 0.3) is 0 Å². The van der Waals surface area contributed by atoms with Crippen LogP contribution in [0.2, 0.25) is 0 Å². The van der Waals surface area contributed by atoms with E-state index in [1.165, 1.54) is 0 Å². The summed E-state index contributed by atoms with van der Waals surface area (Å²) in [4.78, 5) is 24.2. The lowest BCUT2D eigenvalue weighted by Crippen LogP contribution is -2.41. The number of nitrogens with zero attached hydrogens (tertiary/aromatic N) is 1. The van der Waals surface area contributed by atoms with E-state index in [4.69, 9.17) is 9.84 Å². The Balaban J connectivity index is 2.17. The van der Waals surface area contributed by atoms with Crippen LogP contribution in [0.3, 0.4) is 0 Å². The molecule has 0 radical (unpaired) electrons. The van der Waals surface area contributed by atoms with Crippen LogP contribution < -0.4 is 0 Å². The molecule has 0 atom stereocenters. The van der Waals surface area contributed by atoms with Crippen molar-refractivity contribution in [3.63, 3.8) is 0 Å². The summed E-state index contributed by atoms with van der Waals surface area (Å²) in [5.41, 5.74) is 0. The van der Waals surface area contributed by atoms with Crippen molar-refractivity contribution >= 4 is 11.9 Å². The molecule has 1 amide bonds. The van der Waals surface area contributed by atoms with Crippen LogP contribution in [0.25, 0.3) is 0 Å². The molecule has 0 saturated carbocycles. The monoisotopic (exact) mass is 271 g/mol. The zero-order chi connectivity index (χ0) is 14.3. The van der Waals surface area contributed by atoms with Gasteiger partial charge >= 0.3 is 5.97 Å². The van der Waals surface area contributed by atoms with Gasteiger partial charge in [-0.05, 0) is 25.2 Å². The Hall–Kier alpha value is -1.10. The molecule has 1 saturated heterocycles. The van der Waals surface area contributed by atoms with E-state index in [9.17, 15) is 9.59 Å². The van der Waals surface area contributed by atoms with Crippen LogP contribution in [0.1, 0.15) is 46.0 Å². The third-order valence-corrected chi connectivity index (χ3v) is 3.40. The summed E-state index contributed by atoms with van der Waals surface area (Å²) >= 11 is 0. The van der Waals surface area contributed by atoms with Crippen LogP contribution in [0.15, 0.2) is 0 Å². The minimum Gasteiger partial charge on any atom is -0.481 e. The van der Waals surface area contributed by atoms with Gasteiger partial charge in [0.15, 0.2) is 0 Å². The van der Waals surface area contributed by atoms with E-state index in [1.54, 1.807) is 0 Å². The Bertz CT molecular complexity index is 296. The lowest BCUT2D eigenvalue weighted by Gasteiger charge is -2.32. The molecule has 0 aromatic carbocycles. The number of ether oxygens (including phenoxy) is 1. The molecule has 0 unspecified atom stereocenters. The Kier molecular flexibility index (Phi) is 6.84. The Labute approximate surface area is 114 Å². The summed E-state index contributed by atoms with van der Waals surface area (Å²) in [6.45, 7) is 5.97. The first-order valence-corrected chi connectivity index (χ1v) is 7.10. The van der Waals surface area contributed by atoms with Gasteiger partial charge in [-0.2, -0.15) is 0 Å². The SMILES string of the molecule is CC(C)CCC(=O)N1CCC(OCCC(=O)O)CC1. The van der Waals surface area contributed by atoms with E-state index in [1.807, 2.05) is 4.90 Å². The van der Waals surface area contributed by atoms with Gasteiger partial charge in [-0.15, -0.1) is 0 Å². The number of amides is 1. The first kappa shape index (κ1) is 16.0. The maximum atomic E-state index is 11.9. The molecule has 1 aliphatic heterocycles. The first-order chi connectivity index (χ1) is 8.99. The Morgan fingerprint density at radius 1 is 1.26 bits per heavy atom. The molecule has 0 aliphatic carbocycles. The number of carboxylic acids is 1. The van der Waals surface area contributed by atoms with Crippen molar-refractivity contribution in [3.8, 4) is 0 Å². The molecule has 1 rings (SSSR count). The van der Waals surface area contributed by atoms with Gasteiger partial charge in [0, 0.05) is 19.5 Å². The van der Waals surface area contributed by atoms with Crippen molar-refractivity contribution in [1.82, 2.24) is 4.90 Å². The predicted molar refractivity (Wildman–Crippen MR) is 71.9 cm³/mol. The third-order valence-electron chi connectivity index (χ3n) is 3.40. The van der Waals surface area contributed by atoms with Gasteiger partial charge in [-0.3, -0.25) is 9.59 Å². The summed E-state index contributed by atoms with van der Waals surface area (Å²) in [5.74, 6) is -0.0418. The maximum Gasteiger partial charge on any atom is 0.305 e. The van der Waals surface area contributed by atoms with Crippen LogP contribution in [-0.4, -0.2) is 47.7 Å². The lowest BCUT2D eigenvalue weighted by molar-refractivity contribution is -0.139. The number of hydrogen-bond acceptors (Lipinski definition) is 3. The quantitative estimate of drug-likeness (QED) is 0.768. The largest absolute Gasteiger partial charge is 0.481 e. The normalized spacial score (nSPS) is 16.9. The molecule has 1 fully saturated rings. The topological polar surface area (TPSA) is 66.8 Å². The van der Waals surface area contributed by atoms with Crippen molar-refractivity contribution in [3.05, 3.63) is 0 Å². The fraction of sp³-hybridized carbons (Fsp3) is 0.857. The molecule has 0 aromatic heterocycles. The van der Waals surface area contributed by atoms with E-state index in [0.29, 0.717) is 12.3 Å². The van der Waals surface area contributed by atoms with Crippen LogP contribution in [0, 0.1) is 5.92 Å². The number of carbonyl (C=O) groups excluding carboxylic acids is 1. The number of likely N-dealkylation sites (tertiary alicyclic amines) is 1. The summed E-state index contributed by atoms with van der Waals surface area (Å²) in [7, 11) is 0. The first-order valence-electron chi connectivity index (χ1n) is 7.10. The third kappa shape index (κ3) is 6.57. The number of hydrogen-bond donors (Lipinski definition) is 1. The van der Waals surface area contributed by atoms with Gasteiger partial charge in [0.1, 0.15) is 0 Å². The van der Waals surface area contributed by atoms with Crippen LogP contribution in [-0.2, 0) is 14.3 Å². The van der Waals surface area contributed by atoms with Crippen molar-refractivity contribution in [2.45, 2.75) is 52.1 Å².